The fourth-order valence-electron chi connectivity index (χ4n) is 2.21. The zero-order valence-corrected chi connectivity index (χ0v) is 9.86. The summed E-state index contributed by atoms with van der Waals surface area (Å²) in [5.74, 6) is -0.804. The van der Waals surface area contributed by atoms with E-state index in [9.17, 15) is 14.7 Å². The van der Waals surface area contributed by atoms with Crippen molar-refractivity contribution in [1.29, 1.82) is 0 Å². The molecule has 1 unspecified atom stereocenters. The van der Waals surface area contributed by atoms with Crippen molar-refractivity contribution in [2.75, 3.05) is 19.7 Å². The van der Waals surface area contributed by atoms with Gasteiger partial charge in [0.2, 0.25) is 0 Å². The van der Waals surface area contributed by atoms with E-state index in [1.807, 2.05) is 6.92 Å². The summed E-state index contributed by atoms with van der Waals surface area (Å²) in [6.07, 6.45) is 1.54. The average molecular weight is 229 g/mol. The maximum Gasteiger partial charge on any atom is 0.409 e. The van der Waals surface area contributed by atoms with Gasteiger partial charge in [0.15, 0.2) is 0 Å². The van der Waals surface area contributed by atoms with Gasteiger partial charge in [-0.25, -0.2) is 4.79 Å². The molecule has 1 saturated heterocycles. The van der Waals surface area contributed by atoms with E-state index in [1.54, 1.807) is 6.92 Å². The van der Waals surface area contributed by atoms with Gasteiger partial charge in [0.25, 0.3) is 0 Å². The van der Waals surface area contributed by atoms with Crippen molar-refractivity contribution in [3.8, 4) is 0 Å². The zero-order chi connectivity index (χ0) is 12.2. The van der Waals surface area contributed by atoms with Gasteiger partial charge in [0, 0.05) is 13.1 Å². The molecule has 16 heavy (non-hydrogen) atoms. The first-order valence-electron chi connectivity index (χ1n) is 5.71. The van der Waals surface area contributed by atoms with E-state index in [4.69, 9.17) is 4.74 Å². The van der Waals surface area contributed by atoms with E-state index >= 15 is 0 Å². The Morgan fingerprint density at radius 2 is 2.12 bits per heavy atom. The molecule has 0 bridgehead atoms. The smallest absolute Gasteiger partial charge is 0.409 e. The van der Waals surface area contributed by atoms with Crippen LogP contribution >= 0.6 is 0 Å². The first-order chi connectivity index (χ1) is 7.55. The molecule has 0 radical (unpaired) electrons. The molecular weight excluding hydrogens is 210 g/mol. The minimum absolute atomic E-state index is 0.273. The lowest BCUT2D eigenvalue weighted by Gasteiger charge is -2.23. The third kappa shape index (κ3) is 2.46. The number of ether oxygens (including phenoxy) is 1. The molecule has 0 spiro atoms. The van der Waals surface area contributed by atoms with Crippen molar-refractivity contribution in [3.05, 3.63) is 0 Å². The summed E-state index contributed by atoms with van der Waals surface area (Å²) in [4.78, 5) is 24.2. The Bertz CT molecular complexity index is 279. The second kappa shape index (κ2) is 5.18. The van der Waals surface area contributed by atoms with E-state index in [0.717, 1.165) is 6.42 Å². The molecule has 0 aliphatic carbocycles. The predicted molar refractivity (Wildman–Crippen MR) is 58.2 cm³/mol. The highest BCUT2D eigenvalue weighted by Gasteiger charge is 2.45. The second-order valence-electron chi connectivity index (χ2n) is 4.21. The van der Waals surface area contributed by atoms with Gasteiger partial charge in [-0.15, -0.1) is 0 Å². The van der Waals surface area contributed by atoms with E-state index in [1.165, 1.54) is 4.90 Å². The standard InChI is InChI=1S/C11H19NO4/c1-3-5-11(9(13)14)6-7-12(8-11)10(15)16-4-2/h3-8H2,1-2H3,(H,13,14). The molecule has 1 aliphatic heterocycles. The number of amides is 1. The molecule has 1 heterocycles. The van der Waals surface area contributed by atoms with Crippen LogP contribution in [-0.2, 0) is 9.53 Å². The van der Waals surface area contributed by atoms with Gasteiger partial charge in [-0.2, -0.15) is 0 Å². The number of carbonyl (C=O) groups excluding carboxylic acids is 1. The molecule has 1 atom stereocenters. The van der Waals surface area contributed by atoms with Crippen LogP contribution in [0.2, 0.25) is 0 Å². The molecule has 1 N–H and O–H groups in total. The van der Waals surface area contributed by atoms with E-state index in [2.05, 4.69) is 0 Å². The average Bonchev–Trinajstić information content (AvgIpc) is 2.64. The van der Waals surface area contributed by atoms with Crippen molar-refractivity contribution >= 4 is 12.1 Å². The summed E-state index contributed by atoms with van der Waals surface area (Å²) in [6, 6.07) is 0. The fourth-order valence-corrected chi connectivity index (χ4v) is 2.21. The minimum atomic E-state index is -0.804. The van der Waals surface area contributed by atoms with Gasteiger partial charge in [-0.1, -0.05) is 13.3 Å². The Hall–Kier alpha value is -1.26. The largest absolute Gasteiger partial charge is 0.481 e. The van der Waals surface area contributed by atoms with E-state index in [-0.39, 0.29) is 6.54 Å². The Morgan fingerprint density at radius 3 is 2.62 bits per heavy atom. The number of carboxylic acid groups (broad SMARTS) is 1. The summed E-state index contributed by atoms with van der Waals surface area (Å²) >= 11 is 0. The Balaban J connectivity index is 2.66. The van der Waals surface area contributed by atoms with Crippen LogP contribution in [0.1, 0.15) is 33.1 Å². The molecule has 5 nitrogen and oxygen atoms in total. The molecule has 0 aromatic carbocycles. The summed E-state index contributed by atoms with van der Waals surface area (Å²) in [7, 11) is 0. The number of hydrogen-bond acceptors (Lipinski definition) is 3. The minimum Gasteiger partial charge on any atom is -0.481 e. The Labute approximate surface area is 95.4 Å². The number of aliphatic carboxylic acids is 1. The Morgan fingerprint density at radius 1 is 1.44 bits per heavy atom. The van der Waals surface area contributed by atoms with Crippen LogP contribution in [0.3, 0.4) is 0 Å². The van der Waals surface area contributed by atoms with Crippen LogP contribution in [0, 0.1) is 5.41 Å². The van der Waals surface area contributed by atoms with E-state index < -0.39 is 17.5 Å². The van der Waals surface area contributed by atoms with Crippen LogP contribution < -0.4 is 0 Å². The van der Waals surface area contributed by atoms with Gasteiger partial charge in [0.05, 0.1) is 12.0 Å². The number of hydrogen-bond donors (Lipinski definition) is 1. The van der Waals surface area contributed by atoms with Crippen LogP contribution in [0.4, 0.5) is 4.79 Å². The molecule has 1 aliphatic rings. The van der Waals surface area contributed by atoms with Gasteiger partial charge in [-0.05, 0) is 19.8 Å². The zero-order valence-electron chi connectivity index (χ0n) is 9.86. The van der Waals surface area contributed by atoms with Crippen molar-refractivity contribution < 1.29 is 19.4 Å². The SMILES string of the molecule is CCCC1(C(=O)O)CCN(C(=O)OCC)C1. The molecule has 1 rings (SSSR count). The van der Waals surface area contributed by atoms with Gasteiger partial charge >= 0.3 is 12.1 Å². The van der Waals surface area contributed by atoms with Crippen LogP contribution in [0.5, 0.6) is 0 Å². The molecule has 0 saturated carbocycles. The van der Waals surface area contributed by atoms with Crippen LogP contribution in [0.15, 0.2) is 0 Å². The number of nitrogens with zero attached hydrogens (tertiary/aromatic N) is 1. The predicted octanol–water partition coefficient (Wildman–Crippen LogP) is 1.72. The number of carbonyl (C=O) groups is 2. The molecular formula is C11H19NO4. The topological polar surface area (TPSA) is 66.8 Å². The first-order valence-corrected chi connectivity index (χ1v) is 5.71. The normalized spacial score (nSPS) is 24.5. The lowest BCUT2D eigenvalue weighted by atomic mass is 9.83. The lowest BCUT2D eigenvalue weighted by Crippen LogP contribution is -2.37. The molecule has 1 fully saturated rings. The fraction of sp³-hybridized carbons (Fsp3) is 0.818. The van der Waals surface area contributed by atoms with Gasteiger partial charge < -0.3 is 14.7 Å². The molecule has 92 valence electrons. The molecule has 1 amide bonds. The number of likely N-dealkylation sites (tertiary alicyclic amines) is 1. The van der Waals surface area contributed by atoms with Crippen molar-refractivity contribution in [3.63, 3.8) is 0 Å². The molecule has 0 aromatic heterocycles. The van der Waals surface area contributed by atoms with Crippen LogP contribution in [-0.4, -0.2) is 41.8 Å². The second-order valence-corrected chi connectivity index (χ2v) is 4.21. The maximum atomic E-state index is 11.5. The van der Waals surface area contributed by atoms with Crippen molar-refractivity contribution in [2.45, 2.75) is 33.1 Å². The maximum absolute atomic E-state index is 11.5. The quantitative estimate of drug-likeness (QED) is 0.797. The number of rotatable bonds is 4. The van der Waals surface area contributed by atoms with Gasteiger partial charge in [0.1, 0.15) is 0 Å². The third-order valence-electron chi connectivity index (χ3n) is 3.06. The summed E-state index contributed by atoms with van der Waals surface area (Å²) in [6.45, 7) is 4.77. The Kier molecular flexibility index (Phi) is 4.15. The summed E-state index contributed by atoms with van der Waals surface area (Å²) in [5.41, 5.74) is -0.762. The highest BCUT2D eigenvalue weighted by molar-refractivity contribution is 5.77. The monoisotopic (exact) mass is 229 g/mol. The van der Waals surface area contributed by atoms with Crippen LogP contribution in [0.25, 0.3) is 0 Å². The summed E-state index contributed by atoms with van der Waals surface area (Å²) in [5, 5.41) is 9.25. The third-order valence-corrected chi connectivity index (χ3v) is 3.06. The highest BCUT2D eigenvalue weighted by Crippen LogP contribution is 2.35. The molecule has 5 heteroatoms. The van der Waals surface area contributed by atoms with Gasteiger partial charge in [-0.3, -0.25) is 4.79 Å². The summed E-state index contributed by atoms with van der Waals surface area (Å²) < 4.78 is 4.87. The van der Waals surface area contributed by atoms with Crippen molar-refractivity contribution in [1.82, 2.24) is 4.90 Å². The highest BCUT2D eigenvalue weighted by atomic mass is 16.6. The lowest BCUT2D eigenvalue weighted by molar-refractivity contribution is -0.148. The number of carboxylic acids is 1. The van der Waals surface area contributed by atoms with E-state index in [0.29, 0.717) is 26.0 Å². The molecule has 0 aromatic rings. The van der Waals surface area contributed by atoms with Crippen molar-refractivity contribution in [2.24, 2.45) is 5.41 Å². The first kappa shape index (κ1) is 12.8.